The fourth-order valence-electron chi connectivity index (χ4n) is 3.82. The molecule has 0 aromatic heterocycles. The summed E-state index contributed by atoms with van der Waals surface area (Å²) in [5, 5.41) is 21.2. The number of methoxy groups -OCH3 is 1. The number of carbonyl (C=O) groups excluding carboxylic acids is 2. The van der Waals surface area contributed by atoms with E-state index < -0.39 is 23.3 Å². The Morgan fingerprint density at radius 1 is 1.38 bits per heavy atom. The Morgan fingerprint density at radius 3 is 2.59 bits per heavy atom. The van der Waals surface area contributed by atoms with E-state index in [9.17, 15) is 19.8 Å². The first-order valence-electron chi connectivity index (χ1n) is 9.89. The van der Waals surface area contributed by atoms with Gasteiger partial charge in [0.15, 0.2) is 0 Å². The molecule has 8 nitrogen and oxygen atoms in total. The van der Waals surface area contributed by atoms with Crippen LogP contribution in [0.2, 0.25) is 0 Å². The van der Waals surface area contributed by atoms with Crippen molar-refractivity contribution in [3.05, 3.63) is 23.3 Å². The highest BCUT2D eigenvalue weighted by Gasteiger charge is 2.55. The maximum Gasteiger partial charge on any atom is 0.344 e. The van der Waals surface area contributed by atoms with Crippen LogP contribution in [0.15, 0.2) is 23.3 Å². The van der Waals surface area contributed by atoms with E-state index in [2.05, 4.69) is 4.90 Å². The third-order valence-corrected chi connectivity index (χ3v) is 5.98. The molecule has 0 radical (unpaired) electrons. The molecule has 2 heterocycles. The van der Waals surface area contributed by atoms with E-state index in [-0.39, 0.29) is 24.7 Å². The van der Waals surface area contributed by atoms with Crippen LogP contribution in [0.5, 0.6) is 0 Å². The second kappa shape index (κ2) is 8.95. The number of esters is 2. The Labute approximate surface area is 172 Å². The molecule has 2 rings (SSSR count). The lowest BCUT2D eigenvalue weighted by Gasteiger charge is -2.40. The summed E-state index contributed by atoms with van der Waals surface area (Å²) in [6.45, 7) is 9.03. The van der Waals surface area contributed by atoms with Crippen LogP contribution in [-0.2, 0) is 23.8 Å². The minimum absolute atomic E-state index is 0.0640. The fourth-order valence-corrected chi connectivity index (χ4v) is 3.82. The van der Waals surface area contributed by atoms with Crippen LogP contribution in [0, 0.1) is 0 Å². The Bertz CT molecular complexity index is 694. The summed E-state index contributed by atoms with van der Waals surface area (Å²) < 4.78 is 16.1. The molecule has 0 aliphatic carbocycles. The summed E-state index contributed by atoms with van der Waals surface area (Å²) in [5.41, 5.74) is -2.65. The van der Waals surface area contributed by atoms with Gasteiger partial charge in [0.2, 0.25) is 5.60 Å². The normalized spacial score (nSPS) is 25.8. The Hall–Kier alpha value is -1.74. The number of fused-ring (bicyclic) bond motifs is 1. The van der Waals surface area contributed by atoms with Gasteiger partial charge in [0.1, 0.15) is 18.3 Å². The molecule has 29 heavy (non-hydrogen) atoms. The second-order valence-electron chi connectivity index (χ2n) is 8.20. The van der Waals surface area contributed by atoms with Crippen molar-refractivity contribution >= 4 is 11.9 Å². The van der Waals surface area contributed by atoms with Crippen molar-refractivity contribution in [2.75, 3.05) is 26.8 Å². The van der Waals surface area contributed by atoms with Gasteiger partial charge >= 0.3 is 11.9 Å². The van der Waals surface area contributed by atoms with Crippen molar-refractivity contribution in [2.24, 2.45) is 0 Å². The minimum atomic E-state index is -2.23. The van der Waals surface area contributed by atoms with Gasteiger partial charge in [-0.05, 0) is 46.6 Å². The lowest BCUT2D eigenvalue weighted by Crippen LogP contribution is -2.63. The largest absolute Gasteiger partial charge is 0.459 e. The molecule has 4 atom stereocenters. The maximum absolute atomic E-state index is 12.7. The van der Waals surface area contributed by atoms with Crippen LogP contribution in [0.1, 0.15) is 41.0 Å². The van der Waals surface area contributed by atoms with Gasteiger partial charge in [0.25, 0.3) is 0 Å². The number of ether oxygens (including phenoxy) is 3. The second-order valence-corrected chi connectivity index (χ2v) is 8.20. The van der Waals surface area contributed by atoms with Crippen molar-refractivity contribution in [1.29, 1.82) is 0 Å². The van der Waals surface area contributed by atoms with E-state index in [1.54, 1.807) is 19.9 Å². The average Bonchev–Trinajstić information content (AvgIpc) is 3.26. The van der Waals surface area contributed by atoms with E-state index in [1.165, 1.54) is 27.9 Å². The van der Waals surface area contributed by atoms with Gasteiger partial charge in [0, 0.05) is 25.8 Å². The van der Waals surface area contributed by atoms with Gasteiger partial charge in [-0.25, -0.2) is 9.59 Å². The Morgan fingerprint density at radius 2 is 2.03 bits per heavy atom. The van der Waals surface area contributed by atoms with Crippen molar-refractivity contribution in [2.45, 2.75) is 70.5 Å². The lowest BCUT2D eigenvalue weighted by atomic mass is 9.81. The Kier molecular flexibility index (Phi) is 7.27. The summed E-state index contributed by atoms with van der Waals surface area (Å²) in [7, 11) is 1.34. The van der Waals surface area contributed by atoms with Crippen LogP contribution >= 0.6 is 0 Å². The number of carbonyl (C=O) groups is 2. The highest BCUT2D eigenvalue weighted by Crippen LogP contribution is 2.33. The molecule has 2 aliphatic heterocycles. The molecule has 0 spiro atoms. The third-order valence-electron chi connectivity index (χ3n) is 5.98. The summed E-state index contributed by atoms with van der Waals surface area (Å²) >= 11 is 0. The zero-order chi connectivity index (χ0) is 22.0. The van der Waals surface area contributed by atoms with Crippen molar-refractivity contribution < 1.29 is 34.0 Å². The monoisotopic (exact) mass is 411 g/mol. The maximum atomic E-state index is 12.7. The molecule has 164 valence electrons. The van der Waals surface area contributed by atoms with Crippen molar-refractivity contribution in [3.8, 4) is 0 Å². The SMILES string of the molecule is C/C=C(\C)C(=O)O[C@H]1CCN2CC=C(COC(=O)C(O)([C@@H](C)OC)C(C)(C)O)[C@H]12. The molecular weight excluding hydrogens is 378 g/mol. The van der Waals surface area contributed by atoms with E-state index in [4.69, 9.17) is 14.2 Å². The molecule has 2 N–H and O–H groups in total. The molecule has 0 amide bonds. The lowest BCUT2D eigenvalue weighted by molar-refractivity contribution is -0.216. The first-order valence-corrected chi connectivity index (χ1v) is 9.89. The van der Waals surface area contributed by atoms with Crippen molar-refractivity contribution in [1.82, 2.24) is 4.90 Å². The van der Waals surface area contributed by atoms with Gasteiger partial charge in [-0.2, -0.15) is 0 Å². The summed E-state index contributed by atoms with van der Waals surface area (Å²) in [6.07, 6.45) is 3.05. The molecule has 0 aromatic carbocycles. The molecule has 0 bridgehead atoms. The van der Waals surface area contributed by atoms with Crippen LogP contribution < -0.4 is 0 Å². The number of allylic oxidation sites excluding steroid dienone is 1. The first kappa shape index (κ1) is 23.5. The molecule has 1 unspecified atom stereocenters. The van der Waals surface area contributed by atoms with Gasteiger partial charge in [-0.15, -0.1) is 0 Å². The van der Waals surface area contributed by atoms with Crippen LogP contribution in [0.4, 0.5) is 0 Å². The zero-order valence-corrected chi connectivity index (χ0v) is 18.1. The number of hydrogen-bond acceptors (Lipinski definition) is 8. The molecule has 2 aliphatic rings. The minimum Gasteiger partial charge on any atom is -0.459 e. The predicted molar refractivity (Wildman–Crippen MR) is 106 cm³/mol. The summed E-state index contributed by atoms with van der Waals surface area (Å²) in [4.78, 5) is 27.0. The smallest absolute Gasteiger partial charge is 0.344 e. The molecular formula is C21H33NO7. The van der Waals surface area contributed by atoms with Crippen LogP contribution in [0.25, 0.3) is 0 Å². The Balaban J connectivity index is 2.08. The van der Waals surface area contributed by atoms with E-state index in [0.717, 1.165) is 12.1 Å². The number of rotatable bonds is 8. The quantitative estimate of drug-likeness (QED) is 0.346. The molecule has 8 heteroatoms. The first-order chi connectivity index (χ1) is 13.5. The van der Waals surface area contributed by atoms with Gasteiger partial charge in [-0.1, -0.05) is 12.2 Å². The van der Waals surface area contributed by atoms with Crippen molar-refractivity contribution in [3.63, 3.8) is 0 Å². The van der Waals surface area contributed by atoms with Gasteiger partial charge in [0.05, 0.1) is 12.1 Å². The zero-order valence-electron chi connectivity index (χ0n) is 18.1. The third kappa shape index (κ3) is 4.55. The summed E-state index contributed by atoms with van der Waals surface area (Å²) in [6, 6.07) is -0.161. The highest BCUT2D eigenvalue weighted by atomic mass is 16.6. The molecule has 0 saturated carbocycles. The van der Waals surface area contributed by atoms with Crippen LogP contribution in [0.3, 0.4) is 0 Å². The van der Waals surface area contributed by atoms with E-state index >= 15 is 0 Å². The fraction of sp³-hybridized carbons (Fsp3) is 0.714. The standard InChI is InChI=1S/C21H33NO7/c1-7-13(2)18(23)29-16-9-11-22-10-8-15(17(16)22)12-28-19(24)21(26,14(3)27-6)20(4,5)25/h7-8,14,16-17,25-26H,9-12H2,1-6H3/b13-7+/t14-,16+,17-,21?/m1/s1. The van der Waals surface area contributed by atoms with Gasteiger partial charge in [-0.3, -0.25) is 4.90 Å². The molecule has 1 fully saturated rings. The topological polar surface area (TPSA) is 106 Å². The predicted octanol–water partition coefficient (Wildman–Crippen LogP) is 0.959. The van der Waals surface area contributed by atoms with Crippen LogP contribution in [-0.4, -0.2) is 83.3 Å². The van der Waals surface area contributed by atoms with E-state index in [0.29, 0.717) is 18.5 Å². The number of nitrogens with zero attached hydrogens (tertiary/aromatic N) is 1. The summed E-state index contributed by atoms with van der Waals surface area (Å²) in [5.74, 6) is -1.32. The molecule has 1 saturated heterocycles. The number of hydrogen-bond donors (Lipinski definition) is 2. The highest BCUT2D eigenvalue weighted by molar-refractivity contribution is 5.87. The van der Waals surface area contributed by atoms with Gasteiger partial charge < -0.3 is 24.4 Å². The molecule has 0 aromatic rings. The van der Waals surface area contributed by atoms with E-state index in [1.807, 2.05) is 6.08 Å². The average molecular weight is 411 g/mol. The number of aliphatic hydroxyl groups is 2.